The van der Waals surface area contributed by atoms with E-state index in [1.165, 1.54) is 12.1 Å². The number of benzene rings is 3. The topological polar surface area (TPSA) is 52.5 Å². The molecule has 0 saturated carbocycles. The number of carbonyl (C=O) groups excluding carboxylic acids is 1. The molecule has 5 nitrogen and oxygen atoms in total. The second kappa shape index (κ2) is 11.6. The second-order valence-electron chi connectivity index (χ2n) is 8.49. The Morgan fingerprint density at radius 2 is 1.73 bits per heavy atom. The van der Waals surface area contributed by atoms with E-state index < -0.39 is 23.2 Å². The summed E-state index contributed by atoms with van der Waals surface area (Å²) >= 11 is 4.77. The Labute approximate surface area is 218 Å². The molecule has 0 spiro atoms. The Hall–Kier alpha value is -3.59. The Morgan fingerprint density at radius 1 is 1.00 bits per heavy atom. The number of ether oxygens (including phenoxy) is 2. The van der Waals surface area contributed by atoms with Gasteiger partial charge in [-0.15, -0.1) is 12.6 Å². The monoisotopic (exact) mass is 528 g/mol. The predicted octanol–water partition coefficient (Wildman–Crippen LogP) is 7.60. The molecule has 1 heterocycles. The van der Waals surface area contributed by atoms with Crippen molar-refractivity contribution in [2.24, 2.45) is 0 Å². The number of nitrogens with one attached hydrogen (secondary N) is 1. The SMILES string of the molecule is CCCCNC(=O)Oc1ccc2c(c1)cc(COc1ccccc1)n2C(S)c1ccc(C(F)(F)F)cc1. The summed E-state index contributed by atoms with van der Waals surface area (Å²) in [5, 5.41) is 2.90. The van der Waals surface area contributed by atoms with Crippen molar-refractivity contribution in [3.05, 3.63) is 95.7 Å². The first-order valence-electron chi connectivity index (χ1n) is 11.9. The van der Waals surface area contributed by atoms with Gasteiger partial charge in [-0.25, -0.2) is 4.79 Å². The molecule has 1 unspecified atom stereocenters. The zero-order valence-corrected chi connectivity index (χ0v) is 21.1. The fourth-order valence-electron chi connectivity index (χ4n) is 3.91. The van der Waals surface area contributed by atoms with Crippen LogP contribution >= 0.6 is 12.6 Å². The molecule has 0 aliphatic heterocycles. The fourth-order valence-corrected chi connectivity index (χ4v) is 4.36. The van der Waals surface area contributed by atoms with Crippen LogP contribution in [0.3, 0.4) is 0 Å². The zero-order chi connectivity index (χ0) is 26.4. The number of hydrogen-bond donors (Lipinski definition) is 2. The van der Waals surface area contributed by atoms with Crippen molar-refractivity contribution >= 4 is 29.6 Å². The lowest BCUT2D eigenvalue weighted by atomic mass is 10.1. The number of unbranched alkanes of at least 4 members (excludes halogenated alkanes) is 1. The van der Waals surface area contributed by atoms with E-state index in [2.05, 4.69) is 5.32 Å². The Kier molecular flexibility index (Phi) is 8.33. The van der Waals surface area contributed by atoms with Gasteiger partial charge in [-0.1, -0.05) is 43.7 Å². The van der Waals surface area contributed by atoms with E-state index in [1.54, 1.807) is 18.2 Å². The smallest absolute Gasteiger partial charge is 0.416 e. The molecule has 0 fully saturated rings. The van der Waals surface area contributed by atoms with Crippen LogP contribution in [0.25, 0.3) is 10.9 Å². The van der Waals surface area contributed by atoms with E-state index in [1.807, 2.05) is 47.9 Å². The molecular weight excluding hydrogens is 501 g/mol. The molecule has 0 saturated heterocycles. The van der Waals surface area contributed by atoms with Gasteiger partial charge in [-0.05, 0) is 60.5 Å². The number of para-hydroxylation sites is 1. The summed E-state index contributed by atoms with van der Waals surface area (Å²) in [6.07, 6.45) is -3.14. The highest BCUT2D eigenvalue weighted by Crippen LogP contribution is 2.35. The van der Waals surface area contributed by atoms with Crippen molar-refractivity contribution in [2.75, 3.05) is 6.54 Å². The van der Waals surface area contributed by atoms with E-state index in [-0.39, 0.29) is 6.61 Å². The summed E-state index contributed by atoms with van der Waals surface area (Å²) in [4.78, 5) is 12.1. The van der Waals surface area contributed by atoms with Crippen LogP contribution in [0.4, 0.5) is 18.0 Å². The molecule has 1 atom stereocenters. The van der Waals surface area contributed by atoms with Gasteiger partial charge in [-0.3, -0.25) is 0 Å². The van der Waals surface area contributed by atoms with Gasteiger partial charge in [0.1, 0.15) is 23.5 Å². The molecule has 0 bridgehead atoms. The number of hydrogen-bond acceptors (Lipinski definition) is 4. The lowest BCUT2D eigenvalue weighted by molar-refractivity contribution is -0.137. The lowest BCUT2D eigenvalue weighted by Crippen LogP contribution is -2.27. The number of thiol groups is 1. The first-order valence-corrected chi connectivity index (χ1v) is 12.4. The average molecular weight is 529 g/mol. The van der Waals surface area contributed by atoms with E-state index in [0.717, 1.165) is 41.6 Å². The first-order chi connectivity index (χ1) is 17.8. The van der Waals surface area contributed by atoms with E-state index in [0.29, 0.717) is 23.6 Å². The first kappa shape index (κ1) is 26.5. The maximum absolute atomic E-state index is 13.1. The number of amides is 1. The van der Waals surface area contributed by atoms with E-state index >= 15 is 0 Å². The number of halogens is 3. The van der Waals surface area contributed by atoms with E-state index in [9.17, 15) is 18.0 Å². The van der Waals surface area contributed by atoms with Crippen LogP contribution in [0.1, 0.15) is 42.0 Å². The van der Waals surface area contributed by atoms with Crippen LogP contribution in [0, 0.1) is 0 Å². The van der Waals surface area contributed by atoms with Crippen LogP contribution in [-0.2, 0) is 12.8 Å². The van der Waals surface area contributed by atoms with Crippen molar-refractivity contribution in [2.45, 2.75) is 37.9 Å². The summed E-state index contributed by atoms with van der Waals surface area (Å²) in [5.74, 6) is 1.05. The Morgan fingerprint density at radius 3 is 2.41 bits per heavy atom. The normalized spacial score (nSPS) is 12.4. The number of aromatic nitrogens is 1. The molecule has 194 valence electrons. The third kappa shape index (κ3) is 6.60. The van der Waals surface area contributed by atoms with Crippen molar-refractivity contribution in [3.8, 4) is 11.5 Å². The van der Waals surface area contributed by atoms with Crippen LogP contribution in [0.5, 0.6) is 11.5 Å². The molecular formula is C28H27F3N2O3S. The van der Waals surface area contributed by atoms with Gasteiger partial charge in [0.05, 0.1) is 11.3 Å². The van der Waals surface area contributed by atoms with Crippen LogP contribution in [0.15, 0.2) is 78.9 Å². The summed E-state index contributed by atoms with van der Waals surface area (Å²) < 4.78 is 52.5. The van der Waals surface area contributed by atoms with E-state index in [4.69, 9.17) is 22.1 Å². The maximum atomic E-state index is 13.1. The van der Waals surface area contributed by atoms with Crippen molar-refractivity contribution in [1.82, 2.24) is 9.88 Å². The summed E-state index contributed by atoms with van der Waals surface area (Å²) in [5.41, 5.74) is 1.39. The van der Waals surface area contributed by atoms with Gasteiger partial charge < -0.3 is 19.4 Å². The molecule has 37 heavy (non-hydrogen) atoms. The molecule has 9 heteroatoms. The average Bonchev–Trinajstić information content (AvgIpc) is 3.25. The molecule has 1 N–H and O–H groups in total. The van der Waals surface area contributed by atoms with Crippen molar-refractivity contribution < 1.29 is 27.4 Å². The largest absolute Gasteiger partial charge is 0.487 e. The molecule has 1 amide bonds. The molecule has 0 aliphatic rings. The van der Waals surface area contributed by atoms with Gasteiger partial charge >= 0.3 is 12.3 Å². The third-order valence-corrected chi connectivity index (χ3v) is 6.34. The highest BCUT2D eigenvalue weighted by molar-refractivity contribution is 7.80. The molecule has 4 rings (SSSR count). The molecule has 4 aromatic rings. The summed E-state index contributed by atoms with van der Waals surface area (Å²) in [6.45, 7) is 2.76. The zero-order valence-electron chi connectivity index (χ0n) is 20.2. The number of fused-ring (bicyclic) bond motifs is 1. The summed E-state index contributed by atoms with van der Waals surface area (Å²) in [7, 11) is 0. The van der Waals surface area contributed by atoms with Gasteiger partial charge in [0, 0.05) is 17.4 Å². The van der Waals surface area contributed by atoms with Gasteiger partial charge in [0.25, 0.3) is 0 Å². The molecule has 0 radical (unpaired) electrons. The fraction of sp³-hybridized carbons (Fsp3) is 0.250. The minimum absolute atomic E-state index is 0.198. The minimum atomic E-state index is -4.42. The summed E-state index contributed by atoms with van der Waals surface area (Å²) in [6, 6.07) is 21.3. The van der Waals surface area contributed by atoms with Crippen LogP contribution in [0.2, 0.25) is 0 Å². The second-order valence-corrected chi connectivity index (χ2v) is 8.98. The third-order valence-electron chi connectivity index (χ3n) is 5.81. The predicted molar refractivity (Wildman–Crippen MR) is 140 cm³/mol. The van der Waals surface area contributed by atoms with Gasteiger partial charge in [0.2, 0.25) is 0 Å². The molecule has 0 aliphatic carbocycles. The van der Waals surface area contributed by atoms with Crippen LogP contribution in [-0.4, -0.2) is 17.2 Å². The van der Waals surface area contributed by atoms with Gasteiger partial charge in [0.15, 0.2) is 0 Å². The highest BCUT2D eigenvalue weighted by atomic mass is 32.1. The van der Waals surface area contributed by atoms with Crippen LogP contribution < -0.4 is 14.8 Å². The number of rotatable bonds is 9. The number of nitrogens with zero attached hydrogens (tertiary/aromatic N) is 1. The van der Waals surface area contributed by atoms with Gasteiger partial charge in [-0.2, -0.15) is 13.2 Å². The number of alkyl halides is 3. The molecule has 3 aromatic carbocycles. The standard InChI is InChI=1S/C28H27F3N2O3S/c1-2-3-15-32-27(34)36-24-13-14-25-20(17-24)16-22(18-35-23-7-5-4-6-8-23)33(25)26(37)19-9-11-21(12-10-19)28(29,30)31/h4-14,16-17,26,37H,2-3,15,18H2,1H3,(H,32,34). The highest BCUT2D eigenvalue weighted by Gasteiger charge is 2.30. The minimum Gasteiger partial charge on any atom is -0.487 e. The maximum Gasteiger partial charge on any atom is 0.416 e. The molecule has 1 aromatic heterocycles. The van der Waals surface area contributed by atoms with Crippen molar-refractivity contribution in [1.29, 1.82) is 0 Å². The quantitative estimate of drug-likeness (QED) is 0.174. The van der Waals surface area contributed by atoms with Crippen molar-refractivity contribution in [3.63, 3.8) is 0 Å². The number of carbonyl (C=O) groups is 1. The Balaban J connectivity index is 1.65. The lowest BCUT2D eigenvalue weighted by Gasteiger charge is -2.20. The Bertz CT molecular complexity index is 1340.